The molecule has 0 aromatic rings. The van der Waals surface area contributed by atoms with Crippen LogP contribution in [0.25, 0.3) is 0 Å². The molecule has 1 unspecified atom stereocenters. The van der Waals surface area contributed by atoms with Gasteiger partial charge in [-0.1, -0.05) is 276 Å². The van der Waals surface area contributed by atoms with Crippen molar-refractivity contribution in [1.82, 2.24) is 0 Å². The SMILES string of the molecule is CCCCCCCCC/C=C\C=C/CCCCCC(=O)OCC(COC(=O)CCCCCCC/C=C\CCCCCCCCCCC)OC(=O)CCCCCCCCCCCCCCCCCCC. The minimum Gasteiger partial charge on any atom is -0.462 e. The van der Waals surface area contributed by atoms with Crippen molar-refractivity contribution in [3.63, 3.8) is 0 Å². The second-order valence-electron chi connectivity index (χ2n) is 20.6. The molecule has 0 saturated heterocycles. The van der Waals surface area contributed by atoms with Crippen LogP contribution >= 0.6 is 0 Å². The van der Waals surface area contributed by atoms with E-state index in [2.05, 4.69) is 57.2 Å². The lowest BCUT2D eigenvalue weighted by molar-refractivity contribution is -0.167. The first-order valence-electron chi connectivity index (χ1n) is 30.5. The summed E-state index contributed by atoms with van der Waals surface area (Å²) in [5.74, 6) is -0.895. The van der Waals surface area contributed by atoms with Gasteiger partial charge in [-0.3, -0.25) is 14.4 Å². The molecule has 0 heterocycles. The first-order valence-corrected chi connectivity index (χ1v) is 30.5. The zero-order valence-corrected chi connectivity index (χ0v) is 46.3. The van der Waals surface area contributed by atoms with Crippen molar-refractivity contribution < 1.29 is 28.6 Å². The summed E-state index contributed by atoms with van der Waals surface area (Å²) in [6.07, 6.45) is 70.0. The van der Waals surface area contributed by atoms with Crippen molar-refractivity contribution in [2.24, 2.45) is 0 Å². The Hall–Kier alpha value is -2.37. The van der Waals surface area contributed by atoms with Gasteiger partial charge in [0.2, 0.25) is 0 Å². The summed E-state index contributed by atoms with van der Waals surface area (Å²) in [6, 6.07) is 0. The molecule has 0 aliphatic heterocycles. The van der Waals surface area contributed by atoms with Crippen LogP contribution in [-0.4, -0.2) is 37.2 Å². The molecule has 6 heteroatoms. The molecular weight excluding hydrogens is 853 g/mol. The van der Waals surface area contributed by atoms with Gasteiger partial charge in [0.15, 0.2) is 6.10 Å². The van der Waals surface area contributed by atoms with Gasteiger partial charge in [-0.15, -0.1) is 0 Å². The number of rotatable bonds is 56. The third-order valence-corrected chi connectivity index (χ3v) is 13.6. The molecule has 0 aromatic carbocycles. The largest absolute Gasteiger partial charge is 0.462 e. The molecule has 0 amide bonds. The number of carbonyl (C=O) groups is 3. The second kappa shape index (κ2) is 58.2. The van der Waals surface area contributed by atoms with E-state index in [1.54, 1.807) is 0 Å². The average Bonchev–Trinajstić information content (AvgIpc) is 3.35. The van der Waals surface area contributed by atoms with Gasteiger partial charge in [-0.05, 0) is 70.6 Å². The zero-order valence-electron chi connectivity index (χ0n) is 46.3. The predicted molar refractivity (Wildman–Crippen MR) is 298 cm³/mol. The number of carbonyl (C=O) groups excluding carboxylic acids is 3. The van der Waals surface area contributed by atoms with E-state index in [0.717, 1.165) is 77.0 Å². The van der Waals surface area contributed by atoms with Gasteiger partial charge in [-0.2, -0.15) is 0 Å². The normalized spacial score (nSPS) is 12.2. The Morgan fingerprint density at radius 1 is 0.290 bits per heavy atom. The van der Waals surface area contributed by atoms with Crippen LogP contribution in [0.2, 0.25) is 0 Å². The van der Waals surface area contributed by atoms with Crippen LogP contribution < -0.4 is 0 Å². The summed E-state index contributed by atoms with van der Waals surface area (Å²) < 4.78 is 16.9. The summed E-state index contributed by atoms with van der Waals surface area (Å²) in [4.78, 5) is 38.2. The standard InChI is InChI=1S/C63H116O6/c1-4-7-10-13-16-19-22-25-28-31-33-35-38-41-44-47-50-53-56-62(65)68-59-60(58-67-61(64)55-52-49-46-43-40-37-34-30-27-24-21-18-15-12-9-6-3)69-63(66)57-54-51-48-45-42-39-36-32-29-26-23-20-17-14-11-8-5-2/h30,33-35,37,40,60H,4-29,31-32,36,38-39,41-59H2,1-3H3/b34-30-,35-33-,40-37-. The maximum Gasteiger partial charge on any atom is 0.306 e. The molecule has 0 rings (SSSR count). The monoisotopic (exact) mass is 969 g/mol. The van der Waals surface area contributed by atoms with E-state index in [1.807, 2.05) is 0 Å². The Balaban J connectivity index is 4.38. The summed E-state index contributed by atoms with van der Waals surface area (Å²) in [5, 5.41) is 0. The molecule has 6 nitrogen and oxygen atoms in total. The highest BCUT2D eigenvalue weighted by Crippen LogP contribution is 2.17. The van der Waals surface area contributed by atoms with Crippen molar-refractivity contribution >= 4 is 17.9 Å². The first kappa shape index (κ1) is 66.6. The molecule has 0 bridgehead atoms. The smallest absolute Gasteiger partial charge is 0.306 e. The van der Waals surface area contributed by atoms with Crippen LogP contribution in [0.1, 0.15) is 329 Å². The van der Waals surface area contributed by atoms with E-state index < -0.39 is 6.10 Å². The Bertz CT molecular complexity index is 1160. The minimum absolute atomic E-state index is 0.0812. The van der Waals surface area contributed by atoms with Crippen LogP contribution in [0.4, 0.5) is 0 Å². The van der Waals surface area contributed by atoms with Crippen molar-refractivity contribution in [3.05, 3.63) is 36.5 Å². The average molecular weight is 970 g/mol. The highest BCUT2D eigenvalue weighted by atomic mass is 16.6. The van der Waals surface area contributed by atoms with Crippen molar-refractivity contribution in [2.45, 2.75) is 335 Å². The number of unbranched alkanes of at least 4 members (excludes halogenated alkanes) is 40. The Morgan fingerprint density at radius 3 is 0.826 bits per heavy atom. The maximum atomic E-state index is 12.9. The third kappa shape index (κ3) is 56.4. The first-order chi connectivity index (χ1) is 34.0. The van der Waals surface area contributed by atoms with Gasteiger partial charge in [0.25, 0.3) is 0 Å². The number of ether oxygens (including phenoxy) is 3. The van der Waals surface area contributed by atoms with E-state index in [9.17, 15) is 14.4 Å². The predicted octanol–water partition coefficient (Wildman–Crippen LogP) is 20.4. The lowest BCUT2D eigenvalue weighted by atomic mass is 10.0. The van der Waals surface area contributed by atoms with E-state index in [0.29, 0.717) is 19.3 Å². The summed E-state index contributed by atoms with van der Waals surface area (Å²) >= 11 is 0. The number of hydrogen-bond donors (Lipinski definition) is 0. The molecule has 0 aliphatic carbocycles. The van der Waals surface area contributed by atoms with Crippen LogP contribution in [0.3, 0.4) is 0 Å². The second-order valence-corrected chi connectivity index (χ2v) is 20.6. The third-order valence-electron chi connectivity index (χ3n) is 13.6. The summed E-state index contributed by atoms with van der Waals surface area (Å²) in [6.45, 7) is 6.66. The Labute approximate surface area is 429 Å². The molecule has 0 radical (unpaired) electrons. The zero-order chi connectivity index (χ0) is 50.0. The quantitative estimate of drug-likeness (QED) is 0.0199. The molecule has 0 saturated carbocycles. The summed E-state index contributed by atoms with van der Waals surface area (Å²) in [7, 11) is 0. The van der Waals surface area contributed by atoms with Gasteiger partial charge in [0.1, 0.15) is 13.2 Å². The number of allylic oxidation sites excluding steroid dienone is 6. The Morgan fingerprint density at radius 2 is 0.522 bits per heavy atom. The number of esters is 3. The highest BCUT2D eigenvalue weighted by molar-refractivity contribution is 5.71. The molecule has 69 heavy (non-hydrogen) atoms. The molecule has 0 aromatic heterocycles. The van der Waals surface area contributed by atoms with Crippen molar-refractivity contribution in [1.29, 1.82) is 0 Å². The van der Waals surface area contributed by atoms with E-state index in [1.165, 1.54) is 212 Å². The van der Waals surface area contributed by atoms with Crippen LogP contribution in [0.15, 0.2) is 36.5 Å². The van der Waals surface area contributed by atoms with Crippen LogP contribution in [0, 0.1) is 0 Å². The van der Waals surface area contributed by atoms with Gasteiger partial charge in [-0.25, -0.2) is 0 Å². The fraction of sp³-hybridized carbons (Fsp3) is 0.857. The fourth-order valence-corrected chi connectivity index (χ4v) is 9.02. The lowest BCUT2D eigenvalue weighted by Crippen LogP contribution is -2.30. The van der Waals surface area contributed by atoms with Gasteiger partial charge in [0.05, 0.1) is 0 Å². The maximum absolute atomic E-state index is 12.9. The molecule has 0 fully saturated rings. The molecular formula is C63H116O6. The van der Waals surface area contributed by atoms with Gasteiger partial charge < -0.3 is 14.2 Å². The molecule has 1 atom stereocenters. The molecule has 0 N–H and O–H groups in total. The van der Waals surface area contributed by atoms with Crippen LogP contribution in [0.5, 0.6) is 0 Å². The Kier molecular flexibility index (Phi) is 56.2. The molecule has 0 spiro atoms. The summed E-state index contributed by atoms with van der Waals surface area (Å²) in [5.41, 5.74) is 0. The van der Waals surface area contributed by atoms with Gasteiger partial charge in [0, 0.05) is 19.3 Å². The van der Waals surface area contributed by atoms with E-state index in [-0.39, 0.29) is 31.1 Å². The fourth-order valence-electron chi connectivity index (χ4n) is 9.02. The lowest BCUT2D eigenvalue weighted by Gasteiger charge is -2.18. The van der Waals surface area contributed by atoms with Gasteiger partial charge >= 0.3 is 17.9 Å². The number of hydrogen-bond acceptors (Lipinski definition) is 6. The van der Waals surface area contributed by atoms with E-state index >= 15 is 0 Å². The van der Waals surface area contributed by atoms with Crippen molar-refractivity contribution in [2.75, 3.05) is 13.2 Å². The minimum atomic E-state index is -0.784. The highest BCUT2D eigenvalue weighted by Gasteiger charge is 2.19. The molecule has 404 valence electrons. The van der Waals surface area contributed by atoms with E-state index in [4.69, 9.17) is 14.2 Å². The molecule has 0 aliphatic rings. The topological polar surface area (TPSA) is 78.9 Å². The van der Waals surface area contributed by atoms with Crippen LogP contribution in [-0.2, 0) is 28.6 Å². The van der Waals surface area contributed by atoms with Crippen molar-refractivity contribution in [3.8, 4) is 0 Å².